The normalized spacial score (nSPS) is 18.5. The minimum atomic E-state index is -4.02. The maximum atomic E-state index is 13.5. The number of piperazine rings is 1. The molecule has 0 saturated carbocycles. The van der Waals surface area contributed by atoms with Crippen LogP contribution in [0, 0.1) is 11.8 Å². The lowest BCUT2D eigenvalue weighted by atomic mass is 9.93. The summed E-state index contributed by atoms with van der Waals surface area (Å²) in [6.45, 7) is 7.48. The van der Waals surface area contributed by atoms with Crippen molar-refractivity contribution in [3.05, 3.63) is 60.7 Å². The number of carbonyl (C=O) groups excluding carboxylic acids is 1. The molecule has 0 aliphatic carbocycles. The SMILES string of the molecule is CC(C)C(NC(=O)C1CN(S(=O)(=O)c2ccccc2)CCN1S(=O)(=O)c1ccccc1)C(C)C. The average Bonchev–Trinajstić information content (AvgIpc) is 2.82. The molecule has 0 spiro atoms. The zero-order valence-electron chi connectivity index (χ0n) is 20.0. The molecular formula is C24H33N3O5S2. The second-order valence-corrected chi connectivity index (χ2v) is 13.0. The van der Waals surface area contributed by atoms with Crippen molar-refractivity contribution in [2.45, 2.75) is 49.6 Å². The summed E-state index contributed by atoms with van der Waals surface area (Å²) in [7, 11) is -7.91. The van der Waals surface area contributed by atoms with Gasteiger partial charge in [0.25, 0.3) is 0 Å². The Labute approximate surface area is 203 Å². The van der Waals surface area contributed by atoms with Crippen LogP contribution < -0.4 is 5.32 Å². The predicted molar refractivity (Wildman–Crippen MR) is 131 cm³/mol. The molecule has 1 aliphatic heterocycles. The van der Waals surface area contributed by atoms with E-state index in [1.165, 1.54) is 28.6 Å². The smallest absolute Gasteiger partial charge is 0.243 e. The molecule has 0 bridgehead atoms. The second kappa shape index (κ2) is 10.6. The highest BCUT2D eigenvalue weighted by Crippen LogP contribution is 2.26. The van der Waals surface area contributed by atoms with Gasteiger partial charge >= 0.3 is 0 Å². The van der Waals surface area contributed by atoms with E-state index in [4.69, 9.17) is 0 Å². The molecule has 10 heteroatoms. The van der Waals surface area contributed by atoms with Crippen molar-refractivity contribution in [2.24, 2.45) is 11.8 Å². The van der Waals surface area contributed by atoms with Gasteiger partial charge < -0.3 is 5.32 Å². The molecule has 3 rings (SSSR count). The van der Waals surface area contributed by atoms with Gasteiger partial charge in [0.1, 0.15) is 6.04 Å². The van der Waals surface area contributed by atoms with Gasteiger partial charge in [-0.25, -0.2) is 16.8 Å². The number of nitrogens with one attached hydrogen (secondary N) is 1. The van der Waals surface area contributed by atoms with Gasteiger partial charge in [0, 0.05) is 25.7 Å². The van der Waals surface area contributed by atoms with Crippen molar-refractivity contribution in [1.29, 1.82) is 0 Å². The summed E-state index contributed by atoms with van der Waals surface area (Å²) < 4.78 is 55.7. The fourth-order valence-corrected chi connectivity index (χ4v) is 7.34. The zero-order valence-corrected chi connectivity index (χ0v) is 21.6. The standard InChI is InChI=1S/C24H33N3O5S2/c1-18(2)23(19(3)4)25-24(28)22-17-26(33(29,30)20-11-7-5-8-12-20)15-16-27(22)34(31,32)21-13-9-6-10-14-21/h5-14,18-19,22-23H,15-17H2,1-4H3,(H,25,28). The Hall–Kier alpha value is -2.27. The highest BCUT2D eigenvalue weighted by molar-refractivity contribution is 7.89. The van der Waals surface area contributed by atoms with E-state index in [1.54, 1.807) is 36.4 Å². The molecule has 1 amide bonds. The zero-order chi connectivity index (χ0) is 25.1. The van der Waals surface area contributed by atoms with Crippen LogP contribution in [0.1, 0.15) is 27.7 Å². The van der Waals surface area contributed by atoms with Crippen LogP contribution in [0.15, 0.2) is 70.5 Å². The van der Waals surface area contributed by atoms with Crippen molar-refractivity contribution in [1.82, 2.24) is 13.9 Å². The molecule has 1 saturated heterocycles. The number of nitrogens with zero attached hydrogens (tertiary/aromatic N) is 2. The molecule has 2 aromatic carbocycles. The Morgan fingerprint density at radius 1 is 0.794 bits per heavy atom. The number of sulfonamides is 2. The molecule has 1 aliphatic rings. The van der Waals surface area contributed by atoms with E-state index >= 15 is 0 Å². The Kier molecular flexibility index (Phi) is 8.18. The number of rotatable bonds is 8. The maximum absolute atomic E-state index is 13.5. The van der Waals surface area contributed by atoms with Gasteiger partial charge in [-0.3, -0.25) is 4.79 Å². The van der Waals surface area contributed by atoms with E-state index < -0.39 is 32.0 Å². The molecule has 1 atom stereocenters. The van der Waals surface area contributed by atoms with Crippen molar-refractivity contribution in [2.75, 3.05) is 19.6 Å². The summed E-state index contributed by atoms with van der Waals surface area (Å²) in [5.41, 5.74) is 0. The molecule has 34 heavy (non-hydrogen) atoms. The topological polar surface area (TPSA) is 104 Å². The fraction of sp³-hybridized carbons (Fsp3) is 0.458. The van der Waals surface area contributed by atoms with Crippen molar-refractivity contribution < 1.29 is 21.6 Å². The highest BCUT2D eigenvalue weighted by atomic mass is 32.2. The van der Waals surface area contributed by atoms with Gasteiger partial charge in [0.05, 0.1) is 9.79 Å². The van der Waals surface area contributed by atoms with Crippen LogP contribution in [-0.4, -0.2) is 63.1 Å². The van der Waals surface area contributed by atoms with Crippen molar-refractivity contribution in [3.63, 3.8) is 0 Å². The Morgan fingerprint density at radius 3 is 1.74 bits per heavy atom. The summed E-state index contributed by atoms with van der Waals surface area (Å²) in [4.78, 5) is 13.6. The fourth-order valence-electron chi connectivity index (χ4n) is 4.29. The van der Waals surface area contributed by atoms with E-state index in [0.29, 0.717) is 0 Å². The van der Waals surface area contributed by atoms with Crippen molar-refractivity contribution >= 4 is 26.0 Å². The number of hydrogen-bond donors (Lipinski definition) is 1. The van der Waals surface area contributed by atoms with Gasteiger partial charge in [-0.15, -0.1) is 0 Å². The molecule has 186 valence electrons. The largest absolute Gasteiger partial charge is 0.351 e. The van der Waals surface area contributed by atoms with E-state index in [9.17, 15) is 21.6 Å². The summed E-state index contributed by atoms with van der Waals surface area (Å²) in [6.07, 6.45) is 0. The van der Waals surface area contributed by atoms with Crippen LogP contribution in [0.25, 0.3) is 0 Å². The summed E-state index contributed by atoms with van der Waals surface area (Å²) in [6, 6.07) is 14.5. The van der Waals surface area contributed by atoms with E-state index in [-0.39, 0.29) is 47.3 Å². The first kappa shape index (κ1) is 26.3. The van der Waals surface area contributed by atoms with Gasteiger partial charge in [0.15, 0.2) is 0 Å². The third kappa shape index (κ3) is 5.51. The monoisotopic (exact) mass is 507 g/mol. The minimum Gasteiger partial charge on any atom is -0.351 e. The van der Waals surface area contributed by atoms with E-state index in [0.717, 1.165) is 4.31 Å². The molecule has 0 aromatic heterocycles. The molecule has 0 radical (unpaired) electrons. The summed E-state index contributed by atoms with van der Waals surface area (Å²) in [5, 5.41) is 2.98. The van der Waals surface area contributed by atoms with Gasteiger partial charge in [-0.2, -0.15) is 8.61 Å². The average molecular weight is 508 g/mol. The van der Waals surface area contributed by atoms with Crippen LogP contribution in [0.3, 0.4) is 0 Å². The molecule has 1 heterocycles. The lowest BCUT2D eigenvalue weighted by molar-refractivity contribution is -0.127. The molecule has 1 fully saturated rings. The first-order valence-corrected chi connectivity index (χ1v) is 14.3. The number of amides is 1. The predicted octanol–water partition coefficient (Wildman–Crippen LogP) is 2.55. The Bertz CT molecular complexity index is 1180. The first-order chi connectivity index (χ1) is 16.0. The Balaban J connectivity index is 1.98. The second-order valence-electron chi connectivity index (χ2n) is 9.14. The minimum absolute atomic E-state index is 0.0507. The summed E-state index contributed by atoms with van der Waals surface area (Å²) in [5.74, 6) is -0.258. The van der Waals surface area contributed by atoms with Gasteiger partial charge in [-0.05, 0) is 36.1 Å². The van der Waals surface area contributed by atoms with Crippen LogP contribution in [0.4, 0.5) is 0 Å². The Morgan fingerprint density at radius 2 is 1.26 bits per heavy atom. The van der Waals surface area contributed by atoms with E-state index in [2.05, 4.69) is 5.32 Å². The lowest BCUT2D eigenvalue weighted by Crippen LogP contribution is -2.62. The highest BCUT2D eigenvalue weighted by Gasteiger charge is 2.44. The molecule has 1 unspecified atom stereocenters. The number of hydrogen-bond acceptors (Lipinski definition) is 5. The third-order valence-corrected chi connectivity index (χ3v) is 9.87. The molecule has 1 N–H and O–H groups in total. The molecular weight excluding hydrogens is 474 g/mol. The lowest BCUT2D eigenvalue weighted by Gasteiger charge is -2.40. The first-order valence-electron chi connectivity index (χ1n) is 11.4. The third-order valence-electron chi connectivity index (χ3n) is 6.07. The van der Waals surface area contributed by atoms with Gasteiger partial charge in [0.2, 0.25) is 26.0 Å². The van der Waals surface area contributed by atoms with Crippen molar-refractivity contribution in [3.8, 4) is 0 Å². The van der Waals surface area contributed by atoms with E-state index in [1.807, 2.05) is 27.7 Å². The summed E-state index contributed by atoms with van der Waals surface area (Å²) >= 11 is 0. The van der Waals surface area contributed by atoms with Gasteiger partial charge in [-0.1, -0.05) is 64.1 Å². The van der Waals surface area contributed by atoms with Crippen LogP contribution >= 0.6 is 0 Å². The molecule has 8 nitrogen and oxygen atoms in total. The maximum Gasteiger partial charge on any atom is 0.243 e. The number of carbonyl (C=O) groups is 1. The van der Waals surface area contributed by atoms with Crippen LogP contribution in [0.2, 0.25) is 0 Å². The van der Waals surface area contributed by atoms with Crippen LogP contribution in [0.5, 0.6) is 0 Å². The quantitative estimate of drug-likeness (QED) is 0.591. The van der Waals surface area contributed by atoms with Crippen LogP contribution in [-0.2, 0) is 24.8 Å². The molecule has 2 aromatic rings. The number of benzene rings is 2.